The van der Waals surface area contributed by atoms with Gasteiger partial charge in [-0.2, -0.15) is 0 Å². The van der Waals surface area contributed by atoms with E-state index in [-0.39, 0.29) is 12.4 Å². The predicted octanol–water partition coefficient (Wildman–Crippen LogP) is 6.00. The van der Waals surface area contributed by atoms with E-state index in [1.807, 2.05) is 37.3 Å². The van der Waals surface area contributed by atoms with Crippen LogP contribution in [0.4, 0.5) is 0 Å². The van der Waals surface area contributed by atoms with E-state index in [1.54, 1.807) is 0 Å². The van der Waals surface area contributed by atoms with Crippen LogP contribution in [0, 0.1) is 0 Å². The minimum absolute atomic E-state index is 0. The molecule has 2 aromatic carbocycles. The molecule has 0 aliphatic rings. The summed E-state index contributed by atoms with van der Waals surface area (Å²) in [6.45, 7) is 8.05. The van der Waals surface area contributed by atoms with Crippen molar-refractivity contribution in [2.45, 2.75) is 40.0 Å². The Hall–Kier alpha value is -0.940. The summed E-state index contributed by atoms with van der Waals surface area (Å²) in [5, 5.41) is 4.13. The minimum Gasteiger partial charge on any atom is -0.490 e. The van der Waals surface area contributed by atoms with Gasteiger partial charge in [0.15, 0.2) is 11.5 Å². The monoisotopic (exact) mass is 447 g/mol. The summed E-state index contributed by atoms with van der Waals surface area (Å²) in [6, 6.07) is 12.2. The SMILES string of the molecule is CCOc1cc(CNC(C)C)cc(Br)c1OCc1ccc(Cl)cc1.Cl. The molecular weight excluding hydrogens is 425 g/mol. The second-order valence-electron chi connectivity index (χ2n) is 5.79. The van der Waals surface area contributed by atoms with Gasteiger partial charge in [0.25, 0.3) is 0 Å². The van der Waals surface area contributed by atoms with Gasteiger partial charge in [-0.05, 0) is 58.2 Å². The molecule has 0 aromatic heterocycles. The number of hydrogen-bond donors (Lipinski definition) is 1. The maximum absolute atomic E-state index is 5.99. The third kappa shape index (κ3) is 7.06. The summed E-state index contributed by atoms with van der Waals surface area (Å²) in [5.41, 5.74) is 2.21. The van der Waals surface area contributed by atoms with E-state index in [2.05, 4.69) is 41.2 Å². The first kappa shape index (κ1) is 22.1. The van der Waals surface area contributed by atoms with E-state index in [0.29, 0.717) is 19.3 Å². The van der Waals surface area contributed by atoms with E-state index in [1.165, 1.54) is 0 Å². The van der Waals surface area contributed by atoms with Gasteiger partial charge >= 0.3 is 0 Å². The fourth-order valence-electron chi connectivity index (χ4n) is 2.18. The van der Waals surface area contributed by atoms with Crippen molar-refractivity contribution in [1.82, 2.24) is 5.32 Å². The lowest BCUT2D eigenvalue weighted by Crippen LogP contribution is -2.21. The van der Waals surface area contributed by atoms with E-state index >= 15 is 0 Å². The van der Waals surface area contributed by atoms with Gasteiger partial charge in [0.05, 0.1) is 11.1 Å². The van der Waals surface area contributed by atoms with Gasteiger partial charge in [-0.1, -0.05) is 37.6 Å². The Kier molecular flexibility index (Phi) is 9.65. The van der Waals surface area contributed by atoms with E-state index in [0.717, 1.165) is 38.7 Å². The van der Waals surface area contributed by atoms with Crippen molar-refractivity contribution < 1.29 is 9.47 Å². The molecule has 2 rings (SSSR count). The summed E-state index contributed by atoms with van der Waals surface area (Å²) in [7, 11) is 0. The Morgan fingerprint density at radius 3 is 2.36 bits per heavy atom. The molecule has 0 saturated heterocycles. The Labute approximate surface area is 169 Å². The van der Waals surface area contributed by atoms with Crippen LogP contribution in [0.5, 0.6) is 11.5 Å². The molecule has 0 unspecified atom stereocenters. The van der Waals surface area contributed by atoms with Crippen molar-refractivity contribution in [2.24, 2.45) is 0 Å². The fourth-order valence-corrected chi connectivity index (χ4v) is 2.91. The van der Waals surface area contributed by atoms with Crippen molar-refractivity contribution in [3.05, 3.63) is 57.0 Å². The van der Waals surface area contributed by atoms with Crippen LogP contribution in [-0.2, 0) is 13.2 Å². The third-order valence-corrected chi connectivity index (χ3v) is 4.22. The molecule has 6 heteroatoms. The second kappa shape index (κ2) is 10.9. The molecule has 25 heavy (non-hydrogen) atoms. The standard InChI is InChI=1S/C19H23BrClNO2.ClH/c1-4-23-18-10-15(11-22-13(2)3)9-17(20)19(18)24-12-14-5-7-16(21)8-6-14;/h5-10,13,22H,4,11-12H2,1-3H3;1H. The summed E-state index contributed by atoms with van der Waals surface area (Å²) in [5.74, 6) is 1.47. The van der Waals surface area contributed by atoms with E-state index in [4.69, 9.17) is 21.1 Å². The highest BCUT2D eigenvalue weighted by molar-refractivity contribution is 9.10. The lowest BCUT2D eigenvalue weighted by molar-refractivity contribution is 0.267. The molecular formula is C19H24BrCl2NO2. The minimum atomic E-state index is 0. The van der Waals surface area contributed by atoms with Crippen LogP contribution in [0.1, 0.15) is 31.9 Å². The topological polar surface area (TPSA) is 30.5 Å². The van der Waals surface area contributed by atoms with Gasteiger partial charge < -0.3 is 14.8 Å². The van der Waals surface area contributed by atoms with Gasteiger partial charge in [-0.3, -0.25) is 0 Å². The first-order valence-corrected chi connectivity index (χ1v) is 9.22. The molecule has 1 N–H and O–H groups in total. The molecule has 0 radical (unpaired) electrons. The van der Waals surface area contributed by atoms with Gasteiger partial charge in [-0.15, -0.1) is 12.4 Å². The zero-order chi connectivity index (χ0) is 17.5. The average molecular weight is 449 g/mol. The molecule has 0 amide bonds. The van der Waals surface area contributed by atoms with Crippen LogP contribution in [0.2, 0.25) is 5.02 Å². The highest BCUT2D eigenvalue weighted by Crippen LogP contribution is 2.37. The largest absolute Gasteiger partial charge is 0.490 e. The fraction of sp³-hybridized carbons (Fsp3) is 0.368. The average Bonchev–Trinajstić information content (AvgIpc) is 2.54. The van der Waals surface area contributed by atoms with Crippen molar-refractivity contribution in [1.29, 1.82) is 0 Å². The normalized spacial score (nSPS) is 10.5. The van der Waals surface area contributed by atoms with E-state index < -0.39 is 0 Å². The van der Waals surface area contributed by atoms with Crippen LogP contribution in [0.25, 0.3) is 0 Å². The van der Waals surface area contributed by atoms with Gasteiger partial charge in [0.1, 0.15) is 6.61 Å². The summed E-state index contributed by atoms with van der Waals surface area (Å²) >= 11 is 9.52. The molecule has 0 aliphatic carbocycles. The molecule has 2 aromatic rings. The van der Waals surface area contributed by atoms with Crippen molar-refractivity contribution in [3.8, 4) is 11.5 Å². The van der Waals surface area contributed by atoms with Gasteiger partial charge in [-0.25, -0.2) is 0 Å². The first-order valence-electron chi connectivity index (χ1n) is 8.05. The Balaban J connectivity index is 0.00000312. The zero-order valence-corrected chi connectivity index (χ0v) is 17.8. The Morgan fingerprint density at radius 1 is 1.08 bits per heavy atom. The smallest absolute Gasteiger partial charge is 0.175 e. The molecule has 0 aliphatic heterocycles. The highest BCUT2D eigenvalue weighted by Gasteiger charge is 2.13. The van der Waals surface area contributed by atoms with Crippen LogP contribution in [-0.4, -0.2) is 12.6 Å². The molecule has 0 fully saturated rings. The second-order valence-corrected chi connectivity index (χ2v) is 7.08. The lowest BCUT2D eigenvalue weighted by atomic mass is 10.2. The maximum Gasteiger partial charge on any atom is 0.175 e. The van der Waals surface area contributed by atoms with Crippen molar-refractivity contribution >= 4 is 39.9 Å². The maximum atomic E-state index is 5.99. The highest BCUT2D eigenvalue weighted by atomic mass is 79.9. The predicted molar refractivity (Wildman–Crippen MR) is 110 cm³/mol. The summed E-state index contributed by atoms with van der Waals surface area (Å²) < 4.78 is 12.7. The molecule has 0 atom stereocenters. The Morgan fingerprint density at radius 2 is 1.76 bits per heavy atom. The first-order chi connectivity index (χ1) is 11.5. The zero-order valence-electron chi connectivity index (χ0n) is 14.6. The number of nitrogens with one attached hydrogen (secondary N) is 1. The molecule has 138 valence electrons. The van der Waals surface area contributed by atoms with Crippen LogP contribution in [0.3, 0.4) is 0 Å². The number of rotatable bonds is 8. The molecule has 3 nitrogen and oxygen atoms in total. The number of hydrogen-bond acceptors (Lipinski definition) is 3. The molecule has 0 spiro atoms. The number of benzene rings is 2. The molecule has 0 bridgehead atoms. The van der Waals surface area contributed by atoms with Gasteiger partial charge in [0, 0.05) is 17.6 Å². The van der Waals surface area contributed by atoms with Crippen molar-refractivity contribution in [2.75, 3.05) is 6.61 Å². The molecule has 0 saturated carbocycles. The summed E-state index contributed by atoms with van der Waals surface area (Å²) in [4.78, 5) is 0. The number of ether oxygens (including phenoxy) is 2. The quantitative estimate of drug-likeness (QED) is 0.537. The molecule has 0 heterocycles. The summed E-state index contributed by atoms with van der Waals surface area (Å²) in [6.07, 6.45) is 0. The van der Waals surface area contributed by atoms with Crippen LogP contribution >= 0.6 is 39.9 Å². The van der Waals surface area contributed by atoms with E-state index in [9.17, 15) is 0 Å². The third-order valence-electron chi connectivity index (χ3n) is 3.38. The van der Waals surface area contributed by atoms with Crippen LogP contribution < -0.4 is 14.8 Å². The number of halogens is 3. The lowest BCUT2D eigenvalue weighted by Gasteiger charge is -2.16. The van der Waals surface area contributed by atoms with Crippen LogP contribution in [0.15, 0.2) is 40.9 Å². The van der Waals surface area contributed by atoms with Gasteiger partial charge in [0.2, 0.25) is 0 Å². The van der Waals surface area contributed by atoms with Crippen molar-refractivity contribution in [3.63, 3.8) is 0 Å². The Bertz CT molecular complexity index is 663.